The third kappa shape index (κ3) is 2.90. The summed E-state index contributed by atoms with van der Waals surface area (Å²) in [6.07, 6.45) is 9.27. The Balaban J connectivity index is 2.47. The Morgan fingerprint density at radius 3 is 3.00 bits per heavy atom. The van der Waals surface area contributed by atoms with Crippen molar-refractivity contribution >= 4 is 0 Å². The van der Waals surface area contributed by atoms with Gasteiger partial charge in [-0.1, -0.05) is 19.3 Å². The zero-order chi connectivity index (χ0) is 10.4. The van der Waals surface area contributed by atoms with Crippen LogP contribution in [0.2, 0.25) is 0 Å². The van der Waals surface area contributed by atoms with Crippen molar-refractivity contribution in [2.45, 2.75) is 38.8 Å². The van der Waals surface area contributed by atoms with Crippen molar-refractivity contribution in [3.05, 3.63) is 18.0 Å². The van der Waals surface area contributed by atoms with Crippen LogP contribution in [0.5, 0.6) is 0 Å². The van der Waals surface area contributed by atoms with Gasteiger partial charge in [0.1, 0.15) is 0 Å². The fourth-order valence-corrected chi connectivity index (χ4v) is 1.40. The van der Waals surface area contributed by atoms with Crippen molar-refractivity contribution < 1.29 is 0 Å². The summed E-state index contributed by atoms with van der Waals surface area (Å²) >= 11 is 0. The number of nitrogens with one attached hydrogen (secondary N) is 2. The fraction of sp³-hybridized carbons (Fsp3) is 0.545. The molecule has 0 saturated heterocycles. The van der Waals surface area contributed by atoms with E-state index >= 15 is 0 Å². The van der Waals surface area contributed by atoms with Gasteiger partial charge in [0, 0.05) is 12.2 Å². The molecule has 0 fully saturated rings. The molecular formula is C11H17N3. The van der Waals surface area contributed by atoms with E-state index in [1.54, 1.807) is 6.20 Å². The lowest BCUT2D eigenvalue weighted by Crippen LogP contribution is -2.30. The van der Waals surface area contributed by atoms with Crippen LogP contribution in [0, 0.1) is 12.3 Å². The number of aromatic nitrogens is 2. The first-order valence-electron chi connectivity index (χ1n) is 4.99. The summed E-state index contributed by atoms with van der Waals surface area (Å²) in [5.74, 6) is 2.75. The maximum Gasteiger partial charge on any atom is 0.0691 e. The molecule has 0 radical (unpaired) electrons. The molecule has 1 aromatic rings. The molecule has 14 heavy (non-hydrogen) atoms. The Bertz CT molecular complexity index is 284. The molecule has 0 saturated carbocycles. The Hall–Kier alpha value is -1.27. The Morgan fingerprint density at radius 2 is 2.50 bits per heavy atom. The number of terminal acetylenes is 1. The summed E-state index contributed by atoms with van der Waals surface area (Å²) in [4.78, 5) is 0. The van der Waals surface area contributed by atoms with Crippen molar-refractivity contribution in [2.75, 3.05) is 0 Å². The molecule has 3 nitrogen and oxygen atoms in total. The highest BCUT2D eigenvalue weighted by atomic mass is 15.1. The lowest BCUT2D eigenvalue weighted by atomic mass is 10.1. The smallest absolute Gasteiger partial charge is 0.0691 e. The van der Waals surface area contributed by atoms with E-state index in [9.17, 15) is 0 Å². The van der Waals surface area contributed by atoms with Crippen molar-refractivity contribution in [3.63, 3.8) is 0 Å². The molecule has 0 aliphatic carbocycles. The first-order chi connectivity index (χ1) is 6.77. The van der Waals surface area contributed by atoms with Gasteiger partial charge in [0.25, 0.3) is 0 Å². The van der Waals surface area contributed by atoms with Crippen LogP contribution in [0.1, 0.15) is 38.4 Å². The van der Waals surface area contributed by atoms with Crippen LogP contribution < -0.4 is 5.32 Å². The second-order valence-electron chi connectivity index (χ2n) is 3.41. The van der Waals surface area contributed by atoms with Crippen LogP contribution in [-0.4, -0.2) is 16.2 Å². The number of rotatable bonds is 5. The molecule has 1 rings (SSSR count). The lowest BCUT2D eigenvalue weighted by Gasteiger charge is -2.17. The average molecular weight is 191 g/mol. The van der Waals surface area contributed by atoms with Gasteiger partial charge < -0.3 is 0 Å². The molecule has 0 bridgehead atoms. The minimum atomic E-state index is 0.151. The number of aromatic amines is 1. The number of nitrogens with zero attached hydrogens (tertiary/aromatic N) is 1. The van der Waals surface area contributed by atoms with Crippen LogP contribution in [0.3, 0.4) is 0 Å². The third-order valence-corrected chi connectivity index (χ3v) is 2.22. The van der Waals surface area contributed by atoms with E-state index in [1.807, 2.05) is 6.07 Å². The minimum Gasteiger partial charge on any atom is -0.296 e. The van der Waals surface area contributed by atoms with E-state index in [4.69, 9.17) is 6.42 Å². The highest BCUT2D eigenvalue weighted by molar-refractivity contribution is 5.07. The van der Waals surface area contributed by atoms with Crippen molar-refractivity contribution in [1.29, 1.82) is 0 Å². The Morgan fingerprint density at radius 1 is 1.71 bits per heavy atom. The summed E-state index contributed by atoms with van der Waals surface area (Å²) < 4.78 is 0. The molecule has 2 unspecified atom stereocenters. The van der Waals surface area contributed by atoms with Crippen LogP contribution in [0.15, 0.2) is 12.3 Å². The second-order valence-corrected chi connectivity index (χ2v) is 3.41. The molecule has 0 aliphatic rings. The maximum atomic E-state index is 5.42. The van der Waals surface area contributed by atoms with Gasteiger partial charge >= 0.3 is 0 Å². The SMILES string of the molecule is C#CC(CCC)NC(C)c1ccn[nH]1. The van der Waals surface area contributed by atoms with E-state index in [1.165, 1.54) is 0 Å². The van der Waals surface area contributed by atoms with Gasteiger partial charge in [-0.2, -0.15) is 5.10 Å². The fourth-order valence-electron chi connectivity index (χ4n) is 1.40. The predicted molar refractivity (Wildman–Crippen MR) is 57.7 cm³/mol. The van der Waals surface area contributed by atoms with Crippen LogP contribution in [0.25, 0.3) is 0 Å². The molecule has 76 valence electrons. The maximum absolute atomic E-state index is 5.42. The molecule has 0 aliphatic heterocycles. The quantitative estimate of drug-likeness (QED) is 0.697. The summed E-state index contributed by atoms with van der Waals surface area (Å²) in [7, 11) is 0. The summed E-state index contributed by atoms with van der Waals surface area (Å²) in [5.41, 5.74) is 1.07. The summed E-state index contributed by atoms with van der Waals surface area (Å²) in [5, 5.41) is 10.2. The number of hydrogen-bond donors (Lipinski definition) is 2. The highest BCUT2D eigenvalue weighted by Crippen LogP contribution is 2.09. The van der Waals surface area contributed by atoms with Crippen molar-refractivity contribution in [3.8, 4) is 12.3 Å². The van der Waals surface area contributed by atoms with Crippen LogP contribution in [-0.2, 0) is 0 Å². The number of H-pyrrole nitrogens is 1. The van der Waals surface area contributed by atoms with Gasteiger partial charge in [-0.05, 0) is 19.4 Å². The van der Waals surface area contributed by atoms with Crippen LogP contribution in [0.4, 0.5) is 0 Å². The van der Waals surface area contributed by atoms with Gasteiger partial charge in [-0.25, -0.2) is 0 Å². The Kier molecular flexibility index (Phi) is 4.21. The molecule has 1 aromatic heterocycles. The van der Waals surface area contributed by atoms with Gasteiger partial charge in [0.15, 0.2) is 0 Å². The molecular weight excluding hydrogens is 174 g/mol. The first-order valence-corrected chi connectivity index (χ1v) is 4.99. The summed E-state index contributed by atoms with van der Waals surface area (Å²) in [6, 6.07) is 2.33. The molecule has 2 atom stereocenters. The second kappa shape index (κ2) is 5.46. The zero-order valence-corrected chi connectivity index (χ0v) is 8.75. The largest absolute Gasteiger partial charge is 0.296 e. The third-order valence-electron chi connectivity index (χ3n) is 2.22. The Labute approximate surface area is 85.3 Å². The normalized spacial score (nSPS) is 14.6. The predicted octanol–water partition coefficient (Wildman–Crippen LogP) is 1.86. The molecule has 0 aromatic carbocycles. The van der Waals surface area contributed by atoms with Gasteiger partial charge in [0.05, 0.1) is 11.7 Å². The van der Waals surface area contributed by atoms with E-state index in [2.05, 4.69) is 35.3 Å². The topological polar surface area (TPSA) is 40.7 Å². The molecule has 0 amide bonds. The zero-order valence-electron chi connectivity index (χ0n) is 8.75. The highest BCUT2D eigenvalue weighted by Gasteiger charge is 2.10. The summed E-state index contributed by atoms with van der Waals surface area (Å²) in [6.45, 7) is 4.21. The minimum absolute atomic E-state index is 0.151. The monoisotopic (exact) mass is 191 g/mol. The molecule has 3 heteroatoms. The lowest BCUT2D eigenvalue weighted by molar-refractivity contribution is 0.487. The number of hydrogen-bond acceptors (Lipinski definition) is 2. The molecule has 0 spiro atoms. The van der Waals surface area contributed by atoms with E-state index in [0.29, 0.717) is 0 Å². The molecule has 1 heterocycles. The van der Waals surface area contributed by atoms with Crippen LogP contribution >= 0.6 is 0 Å². The van der Waals surface area contributed by atoms with Crippen molar-refractivity contribution in [2.24, 2.45) is 0 Å². The van der Waals surface area contributed by atoms with Gasteiger partial charge in [0.2, 0.25) is 0 Å². The standard InChI is InChI=1S/C11H17N3/c1-4-6-10(5-2)13-9(3)11-7-8-12-14-11/h2,7-10,13H,4,6H2,1,3H3,(H,12,14). The average Bonchev–Trinajstić information content (AvgIpc) is 2.69. The van der Waals surface area contributed by atoms with Crippen molar-refractivity contribution in [1.82, 2.24) is 15.5 Å². The van der Waals surface area contributed by atoms with E-state index < -0.39 is 0 Å². The van der Waals surface area contributed by atoms with E-state index in [-0.39, 0.29) is 12.1 Å². The van der Waals surface area contributed by atoms with Gasteiger partial charge in [-0.15, -0.1) is 6.42 Å². The van der Waals surface area contributed by atoms with E-state index in [0.717, 1.165) is 18.5 Å². The first kappa shape index (κ1) is 10.8. The van der Waals surface area contributed by atoms with Gasteiger partial charge in [-0.3, -0.25) is 10.4 Å². The molecule has 2 N–H and O–H groups in total.